The van der Waals surface area contributed by atoms with E-state index in [1.165, 1.54) is 4.31 Å². The highest BCUT2D eigenvalue weighted by atomic mass is 32.2. The lowest BCUT2D eigenvalue weighted by atomic mass is 10.00. The van der Waals surface area contributed by atoms with Crippen LogP contribution in [0.5, 0.6) is 0 Å². The van der Waals surface area contributed by atoms with Crippen molar-refractivity contribution < 1.29 is 8.42 Å². The first-order valence-electron chi connectivity index (χ1n) is 6.76. The van der Waals surface area contributed by atoms with E-state index in [0.717, 1.165) is 31.5 Å². The molecule has 19 heavy (non-hydrogen) atoms. The van der Waals surface area contributed by atoms with E-state index in [1.807, 2.05) is 30.3 Å². The Bertz CT molecular complexity index is 481. The number of benzene rings is 1. The highest BCUT2D eigenvalue weighted by molar-refractivity contribution is 7.88. The van der Waals surface area contributed by atoms with Crippen LogP contribution in [0.25, 0.3) is 0 Å². The molecule has 106 valence electrons. The van der Waals surface area contributed by atoms with Gasteiger partial charge in [0, 0.05) is 13.6 Å². The standard InChI is InChI=1S/C14H22N2O2S/c1-16(11-14-8-5-9-15-10-14)19(17,18)12-13-6-3-2-4-7-13/h2-4,6-7,14-15H,5,8-12H2,1H3. The molecule has 1 atom stereocenters. The molecule has 1 unspecified atom stereocenters. The second-order valence-electron chi connectivity index (χ2n) is 5.23. The summed E-state index contributed by atoms with van der Waals surface area (Å²) in [7, 11) is -1.52. The summed E-state index contributed by atoms with van der Waals surface area (Å²) in [6.07, 6.45) is 2.25. The molecule has 1 aromatic rings. The minimum Gasteiger partial charge on any atom is -0.316 e. The summed E-state index contributed by atoms with van der Waals surface area (Å²) in [6, 6.07) is 9.35. The average molecular weight is 282 g/mol. The highest BCUT2D eigenvalue weighted by Crippen LogP contribution is 2.15. The molecular formula is C14H22N2O2S. The molecule has 0 radical (unpaired) electrons. The van der Waals surface area contributed by atoms with Gasteiger partial charge in [-0.1, -0.05) is 30.3 Å². The number of nitrogens with one attached hydrogen (secondary N) is 1. The van der Waals surface area contributed by atoms with Crippen molar-refractivity contribution in [1.29, 1.82) is 0 Å². The van der Waals surface area contributed by atoms with Crippen LogP contribution in [0, 0.1) is 5.92 Å². The van der Waals surface area contributed by atoms with Crippen molar-refractivity contribution in [3.05, 3.63) is 35.9 Å². The van der Waals surface area contributed by atoms with Crippen LogP contribution in [-0.4, -0.2) is 39.4 Å². The monoisotopic (exact) mass is 282 g/mol. The molecule has 1 heterocycles. The Balaban J connectivity index is 1.94. The molecule has 5 heteroatoms. The number of nitrogens with zero attached hydrogens (tertiary/aromatic N) is 1. The second-order valence-corrected chi connectivity index (χ2v) is 7.31. The highest BCUT2D eigenvalue weighted by Gasteiger charge is 2.23. The smallest absolute Gasteiger partial charge is 0.218 e. The first-order valence-corrected chi connectivity index (χ1v) is 8.37. The molecule has 0 aromatic heterocycles. The molecule has 1 fully saturated rings. The van der Waals surface area contributed by atoms with Gasteiger partial charge in [-0.05, 0) is 37.4 Å². The zero-order valence-electron chi connectivity index (χ0n) is 11.4. The molecule has 1 N–H and O–H groups in total. The topological polar surface area (TPSA) is 49.4 Å². The molecule has 1 aliphatic rings. The quantitative estimate of drug-likeness (QED) is 0.889. The second kappa shape index (κ2) is 6.50. The van der Waals surface area contributed by atoms with Crippen molar-refractivity contribution in [2.24, 2.45) is 5.92 Å². The van der Waals surface area contributed by atoms with Crippen LogP contribution in [0.4, 0.5) is 0 Å². The Hall–Kier alpha value is -0.910. The Kier molecular flexibility index (Phi) is 4.96. The van der Waals surface area contributed by atoms with Crippen molar-refractivity contribution in [3.63, 3.8) is 0 Å². The van der Waals surface area contributed by atoms with E-state index in [9.17, 15) is 8.42 Å². The van der Waals surface area contributed by atoms with Crippen molar-refractivity contribution in [1.82, 2.24) is 9.62 Å². The fourth-order valence-electron chi connectivity index (χ4n) is 2.45. The number of sulfonamides is 1. The van der Waals surface area contributed by atoms with Crippen LogP contribution in [0.3, 0.4) is 0 Å². The number of piperidine rings is 1. The van der Waals surface area contributed by atoms with E-state index in [1.54, 1.807) is 7.05 Å². The van der Waals surface area contributed by atoms with Gasteiger partial charge in [0.15, 0.2) is 0 Å². The van der Waals surface area contributed by atoms with Gasteiger partial charge < -0.3 is 5.32 Å². The minimum atomic E-state index is -3.21. The van der Waals surface area contributed by atoms with Crippen LogP contribution in [0.1, 0.15) is 18.4 Å². The third kappa shape index (κ3) is 4.30. The van der Waals surface area contributed by atoms with Gasteiger partial charge in [0.2, 0.25) is 10.0 Å². The van der Waals surface area contributed by atoms with Crippen LogP contribution in [0.2, 0.25) is 0 Å². The van der Waals surface area contributed by atoms with E-state index < -0.39 is 10.0 Å². The summed E-state index contributed by atoms with van der Waals surface area (Å²) in [5.41, 5.74) is 0.844. The number of hydrogen-bond donors (Lipinski definition) is 1. The maximum atomic E-state index is 12.3. The Morgan fingerprint density at radius 2 is 2.05 bits per heavy atom. The first kappa shape index (κ1) is 14.5. The van der Waals surface area contributed by atoms with E-state index >= 15 is 0 Å². The van der Waals surface area contributed by atoms with Crippen molar-refractivity contribution in [3.8, 4) is 0 Å². The van der Waals surface area contributed by atoms with E-state index in [4.69, 9.17) is 0 Å². The summed E-state index contributed by atoms with van der Waals surface area (Å²) >= 11 is 0. The maximum absolute atomic E-state index is 12.3. The van der Waals surface area contributed by atoms with Crippen molar-refractivity contribution in [2.75, 3.05) is 26.7 Å². The third-order valence-electron chi connectivity index (χ3n) is 3.58. The van der Waals surface area contributed by atoms with Gasteiger partial charge in [-0.3, -0.25) is 0 Å². The van der Waals surface area contributed by atoms with Crippen LogP contribution in [0.15, 0.2) is 30.3 Å². The Morgan fingerprint density at radius 1 is 1.32 bits per heavy atom. The van der Waals surface area contributed by atoms with Gasteiger partial charge in [0.25, 0.3) is 0 Å². The van der Waals surface area contributed by atoms with E-state index in [0.29, 0.717) is 12.5 Å². The fourth-order valence-corrected chi connectivity index (χ4v) is 3.72. The molecule has 0 saturated carbocycles. The van der Waals surface area contributed by atoms with Gasteiger partial charge in [0.05, 0.1) is 5.75 Å². The van der Waals surface area contributed by atoms with Crippen LogP contribution < -0.4 is 5.32 Å². The van der Waals surface area contributed by atoms with E-state index in [2.05, 4.69) is 5.32 Å². The molecule has 0 spiro atoms. The zero-order valence-corrected chi connectivity index (χ0v) is 12.2. The van der Waals surface area contributed by atoms with Crippen LogP contribution in [-0.2, 0) is 15.8 Å². The summed E-state index contributed by atoms with van der Waals surface area (Å²) in [6.45, 7) is 2.59. The molecule has 4 nitrogen and oxygen atoms in total. The summed E-state index contributed by atoms with van der Waals surface area (Å²) in [5.74, 6) is 0.522. The zero-order chi connectivity index (χ0) is 13.7. The van der Waals surface area contributed by atoms with Gasteiger partial charge in [-0.25, -0.2) is 12.7 Å². The molecule has 2 rings (SSSR count). The fraction of sp³-hybridized carbons (Fsp3) is 0.571. The predicted octanol–water partition coefficient (Wildman–Crippen LogP) is 1.45. The third-order valence-corrected chi connectivity index (χ3v) is 5.38. The van der Waals surface area contributed by atoms with Crippen molar-refractivity contribution >= 4 is 10.0 Å². The molecule has 0 amide bonds. The minimum absolute atomic E-state index is 0.0878. The average Bonchev–Trinajstić information content (AvgIpc) is 2.40. The summed E-state index contributed by atoms with van der Waals surface area (Å²) < 4.78 is 26.1. The Morgan fingerprint density at radius 3 is 2.68 bits per heavy atom. The lowest BCUT2D eigenvalue weighted by Crippen LogP contribution is -2.39. The van der Waals surface area contributed by atoms with Crippen LogP contribution >= 0.6 is 0 Å². The molecule has 1 aromatic carbocycles. The molecule has 1 saturated heterocycles. The number of rotatable bonds is 5. The van der Waals surface area contributed by atoms with Gasteiger partial charge >= 0.3 is 0 Å². The van der Waals surface area contributed by atoms with Gasteiger partial charge in [0.1, 0.15) is 0 Å². The summed E-state index contributed by atoms with van der Waals surface area (Å²) in [5, 5.41) is 3.32. The molecule has 0 aliphatic carbocycles. The lowest BCUT2D eigenvalue weighted by Gasteiger charge is -2.27. The Labute approximate surface area is 115 Å². The molecular weight excluding hydrogens is 260 g/mol. The normalized spacial score (nSPS) is 20.6. The largest absolute Gasteiger partial charge is 0.316 e. The maximum Gasteiger partial charge on any atom is 0.218 e. The molecule has 1 aliphatic heterocycles. The van der Waals surface area contributed by atoms with Crippen molar-refractivity contribution in [2.45, 2.75) is 18.6 Å². The lowest BCUT2D eigenvalue weighted by molar-refractivity contribution is 0.314. The van der Waals surface area contributed by atoms with Gasteiger partial charge in [-0.2, -0.15) is 0 Å². The summed E-state index contributed by atoms with van der Waals surface area (Å²) in [4.78, 5) is 0. The SMILES string of the molecule is CN(CC1CCCNC1)S(=O)(=O)Cc1ccccc1. The number of hydrogen-bond acceptors (Lipinski definition) is 3. The molecule has 0 bridgehead atoms. The first-order chi connectivity index (χ1) is 9.08. The van der Waals surface area contributed by atoms with E-state index in [-0.39, 0.29) is 5.75 Å². The van der Waals surface area contributed by atoms with Gasteiger partial charge in [-0.15, -0.1) is 0 Å². The predicted molar refractivity (Wildman–Crippen MR) is 77.3 cm³/mol.